The molecule has 5 nitrogen and oxygen atoms in total. The van der Waals surface area contributed by atoms with Crippen molar-refractivity contribution in [3.8, 4) is 11.5 Å². The van der Waals surface area contributed by atoms with E-state index in [2.05, 4.69) is 4.98 Å². The van der Waals surface area contributed by atoms with Crippen LogP contribution in [0.1, 0.15) is 11.1 Å². The number of aryl methyl sites for hydroxylation is 1. The molecule has 4 aromatic rings. The normalized spacial score (nSPS) is 11.5. The molecule has 0 aliphatic rings. The van der Waals surface area contributed by atoms with Crippen LogP contribution in [0.2, 0.25) is 5.02 Å². The molecule has 0 saturated heterocycles. The van der Waals surface area contributed by atoms with E-state index in [0.29, 0.717) is 17.1 Å². The molecule has 158 valence electrons. The molecule has 3 aromatic carbocycles. The maximum atomic E-state index is 13.4. The molecule has 0 spiro atoms. The van der Waals surface area contributed by atoms with Gasteiger partial charge in [-0.3, -0.25) is 0 Å². The Labute approximate surface area is 186 Å². The molecule has 1 heterocycles. The Kier molecular flexibility index (Phi) is 5.85. The highest BCUT2D eigenvalue weighted by atomic mass is 35.5. The molecule has 0 fully saturated rings. The lowest BCUT2D eigenvalue weighted by Gasteiger charge is -2.17. The Morgan fingerprint density at radius 1 is 0.935 bits per heavy atom. The van der Waals surface area contributed by atoms with Gasteiger partial charge in [0.2, 0.25) is 26.6 Å². The lowest BCUT2D eigenvalue weighted by molar-refractivity contribution is 0.554. The summed E-state index contributed by atoms with van der Waals surface area (Å²) in [6, 6.07) is 23.4. The standard InChI is InChI=1S/C24H21ClN2O3S/c1-17-8-10-19(11-9-17)22-26-23(31(28,29)21-14-12-20(25)13-15-21)24(30-22)27(2)16-18-6-4-3-5-7-18/h3-15H,16H2,1-2H3. The quantitative estimate of drug-likeness (QED) is 0.371. The molecule has 7 heteroatoms. The van der Waals surface area contributed by atoms with Gasteiger partial charge in [-0.2, -0.15) is 4.98 Å². The van der Waals surface area contributed by atoms with Gasteiger partial charge in [0.25, 0.3) is 0 Å². The van der Waals surface area contributed by atoms with Crippen LogP contribution in [-0.4, -0.2) is 20.4 Å². The van der Waals surface area contributed by atoms with Crippen molar-refractivity contribution in [1.82, 2.24) is 4.98 Å². The lowest BCUT2D eigenvalue weighted by Crippen LogP contribution is -2.18. The number of anilines is 1. The molecule has 0 saturated carbocycles. The van der Waals surface area contributed by atoms with Crippen molar-refractivity contribution in [2.75, 3.05) is 11.9 Å². The number of nitrogens with zero attached hydrogens (tertiary/aromatic N) is 2. The van der Waals surface area contributed by atoms with E-state index in [1.54, 1.807) is 24.1 Å². The summed E-state index contributed by atoms with van der Waals surface area (Å²) in [4.78, 5) is 6.27. The van der Waals surface area contributed by atoms with Crippen molar-refractivity contribution in [2.45, 2.75) is 23.4 Å². The van der Waals surface area contributed by atoms with Crippen molar-refractivity contribution in [1.29, 1.82) is 0 Å². The summed E-state index contributed by atoms with van der Waals surface area (Å²) in [5.74, 6) is 0.442. The Morgan fingerprint density at radius 2 is 1.58 bits per heavy atom. The molecule has 0 N–H and O–H groups in total. The van der Waals surface area contributed by atoms with E-state index in [1.807, 2.05) is 61.5 Å². The van der Waals surface area contributed by atoms with Gasteiger partial charge >= 0.3 is 0 Å². The first-order valence-electron chi connectivity index (χ1n) is 9.68. The molecule has 0 bridgehead atoms. The second-order valence-electron chi connectivity index (χ2n) is 7.29. The van der Waals surface area contributed by atoms with Crippen molar-refractivity contribution < 1.29 is 12.8 Å². The van der Waals surface area contributed by atoms with E-state index in [1.165, 1.54) is 12.1 Å². The molecular weight excluding hydrogens is 432 g/mol. The van der Waals surface area contributed by atoms with Crippen LogP contribution in [0.3, 0.4) is 0 Å². The highest BCUT2D eigenvalue weighted by Crippen LogP contribution is 2.35. The molecule has 0 aliphatic heterocycles. The van der Waals surface area contributed by atoms with Crippen LogP contribution >= 0.6 is 11.6 Å². The Hall–Kier alpha value is -3.09. The topological polar surface area (TPSA) is 63.4 Å². The van der Waals surface area contributed by atoms with Crippen LogP contribution in [-0.2, 0) is 16.4 Å². The summed E-state index contributed by atoms with van der Waals surface area (Å²) in [7, 11) is -2.14. The number of sulfone groups is 1. The first kappa shape index (κ1) is 21.2. The molecule has 0 atom stereocenters. The van der Waals surface area contributed by atoms with Crippen LogP contribution in [0, 0.1) is 6.92 Å². The monoisotopic (exact) mass is 452 g/mol. The molecule has 0 unspecified atom stereocenters. The Morgan fingerprint density at radius 3 is 2.23 bits per heavy atom. The first-order valence-corrected chi connectivity index (χ1v) is 11.5. The predicted octanol–water partition coefficient (Wildman–Crippen LogP) is 5.77. The van der Waals surface area contributed by atoms with Gasteiger partial charge < -0.3 is 9.32 Å². The third kappa shape index (κ3) is 4.50. The number of oxazole rings is 1. The van der Waals surface area contributed by atoms with E-state index in [9.17, 15) is 8.42 Å². The fourth-order valence-corrected chi connectivity index (χ4v) is 4.66. The highest BCUT2D eigenvalue weighted by molar-refractivity contribution is 7.91. The third-order valence-corrected chi connectivity index (χ3v) is 6.79. The van der Waals surface area contributed by atoms with Crippen molar-refractivity contribution in [3.05, 3.63) is 95.0 Å². The van der Waals surface area contributed by atoms with Crippen LogP contribution in [0.15, 0.2) is 93.2 Å². The maximum absolute atomic E-state index is 13.4. The fraction of sp³-hybridized carbons (Fsp3) is 0.125. The predicted molar refractivity (Wildman–Crippen MR) is 122 cm³/mol. The largest absolute Gasteiger partial charge is 0.419 e. The second kappa shape index (κ2) is 8.57. The maximum Gasteiger partial charge on any atom is 0.236 e. The van der Waals surface area contributed by atoms with Crippen LogP contribution in [0.5, 0.6) is 0 Å². The van der Waals surface area contributed by atoms with Crippen LogP contribution in [0.4, 0.5) is 5.88 Å². The molecule has 31 heavy (non-hydrogen) atoms. The smallest absolute Gasteiger partial charge is 0.236 e. The zero-order valence-electron chi connectivity index (χ0n) is 17.1. The molecule has 4 rings (SSSR count). The van der Waals surface area contributed by atoms with Crippen LogP contribution in [0.25, 0.3) is 11.5 Å². The van der Waals surface area contributed by atoms with Gasteiger partial charge in [-0.1, -0.05) is 59.6 Å². The van der Waals surface area contributed by atoms with E-state index in [0.717, 1.165) is 11.1 Å². The summed E-state index contributed by atoms with van der Waals surface area (Å²) in [6.07, 6.45) is 0. The van der Waals surface area contributed by atoms with Crippen LogP contribution < -0.4 is 4.90 Å². The number of hydrogen-bond acceptors (Lipinski definition) is 5. The molecule has 0 radical (unpaired) electrons. The number of benzene rings is 3. The Bertz CT molecular complexity index is 1280. The van der Waals surface area contributed by atoms with Gasteiger partial charge in [0.05, 0.1) is 4.90 Å². The zero-order chi connectivity index (χ0) is 22.0. The van der Waals surface area contributed by atoms with E-state index < -0.39 is 9.84 Å². The van der Waals surface area contributed by atoms with Crippen molar-refractivity contribution in [3.63, 3.8) is 0 Å². The highest BCUT2D eigenvalue weighted by Gasteiger charge is 2.30. The minimum absolute atomic E-state index is 0.106. The molecular formula is C24H21ClN2O3S. The second-order valence-corrected chi connectivity index (χ2v) is 9.60. The summed E-state index contributed by atoms with van der Waals surface area (Å²) >= 11 is 5.94. The lowest BCUT2D eigenvalue weighted by atomic mass is 10.1. The van der Waals surface area contributed by atoms with Gasteiger partial charge in [0.15, 0.2) is 0 Å². The Balaban J connectivity index is 1.81. The number of halogens is 1. The van der Waals surface area contributed by atoms with Gasteiger partial charge in [-0.05, 0) is 48.9 Å². The number of aromatic nitrogens is 1. The zero-order valence-corrected chi connectivity index (χ0v) is 18.7. The summed E-state index contributed by atoms with van der Waals surface area (Å²) in [5, 5.41) is 0.338. The average Bonchev–Trinajstić information content (AvgIpc) is 3.22. The summed E-state index contributed by atoms with van der Waals surface area (Å²) in [5.41, 5.74) is 2.82. The van der Waals surface area contributed by atoms with Crippen molar-refractivity contribution >= 4 is 27.3 Å². The van der Waals surface area contributed by atoms with E-state index >= 15 is 0 Å². The van der Waals surface area contributed by atoms with Crippen molar-refractivity contribution in [2.24, 2.45) is 0 Å². The molecule has 0 amide bonds. The molecule has 0 aliphatic carbocycles. The minimum atomic E-state index is -3.92. The SMILES string of the molecule is Cc1ccc(-c2nc(S(=O)(=O)c3ccc(Cl)cc3)c(N(C)Cc3ccccc3)o2)cc1. The number of hydrogen-bond donors (Lipinski definition) is 0. The van der Waals surface area contributed by atoms with Gasteiger partial charge in [0.1, 0.15) is 0 Å². The first-order chi connectivity index (χ1) is 14.8. The van der Waals surface area contributed by atoms with Gasteiger partial charge in [-0.25, -0.2) is 8.42 Å². The van der Waals surface area contributed by atoms with Gasteiger partial charge in [-0.15, -0.1) is 0 Å². The van der Waals surface area contributed by atoms with Gasteiger partial charge in [0, 0.05) is 24.2 Å². The average molecular weight is 453 g/mol. The minimum Gasteiger partial charge on any atom is -0.419 e. The van der Waals surface area contributed by atoms with E-state index in [4.69, 9.17) is 16.0 Å². The summed E-state index contributed by atoms with van der Waals surface area (Å²) in [6.45, 7) is 2.45. The van der Waals surface area contributed by atoms with E-state index in [-0.39, 0.29) is 21.7 Å². The molecule has 1 aromatic heterocycles. The summed E-state index contributed by atoms with van der Waals surface area (Å²) < 4.78 is 32.9. The fourth-order valence-electron chi connectivity index (χ4n) is 3.19. The number of rotatable bonds is 6. The third-order valence-electron chi connectivity index (χ3n) is 4.87.